The molecule has 2 aromatic rings. The quantitative estimate of drug-likeness (QED) is 0.598. The number of aryl methyl sites for hydroxylation is 1. The maximum Gasteiger partial charge on any atom is 0.338 e. The number of methoxy groups -OCH3 is 1. The molecule has 0 bridgehead atoms. The van der Waals surface area contributed by atoms with Gasteiger partial charge in [0.15, 0.2) is 0 Å². The predicted octanol–water partition coefficient (Wildman–Crippen LogP) is 2.94. The highest BCUT2D eigenvalue weighted by Gasteiger charge is 2.29. The second-order valence-corrected chi connectivity index (χ2v) is 10.3. The Balaban J connectivity index is 1.74. The molecule has 1 heterocycles. The van der Waals surface area contributed by atoms with Crippen LogP contribution in [0.2, 0.25) is 0 Å². The zero-order chi connectivity index (χ0) is 22.6. The molecule has 2 unspecified atom stereocenters. The molecule has 170 valence electrons. The van der Waals surface area contributed by atoms with Crippen LogP contribution < -0.4 is 14.3 Å². The van der Waals surface area contributed by atoms with Crippen LogP contribution in [-0.2, 0) is 21.3 Å². The van der Waals surface area contributed by atoms with Crippen LogP contribution in [0.3, 0.4) is 0 Å². The van der Waals surface area contributed by atoms with Gasteiger partial charge in [-0.25, -0.2) is 17.9 Å². The number of benzene rings is 1. The van der Waals surface area contributed by atoms with Crippen LogP contribution in [-0.4, -0.2) is 38.7 Å². The van der Waals surface area contributed by atoms with E-state index in [1.165, 1.54) is 29.9 Å². The Bertz CT molecular complexity index is 1090. The fraction of sp³-hybridized carbons (Fsp3) is 0.524. The number of esters is 1. The molecule has 0 radical (unpaired) electrons. The van der Waals surface area contributed by atoms with E-state index in [-0.39, 0.29) is 46.2 Å². The van der Waals surface area contributed by atoms with Gasteiger partial charge >= 0.3 is 10.8 Å². The molecule has 8 nitrogen and oxygen atoms in total. The number of thiazole rings is 1. The van der Waals surface area contributed by atoms with Crippen molar-refractivity contribution < 1.29 is 22.7 Å². The van der Waals surface area contributed by atoms with E-state index in [4.69, 9.17) is 9.47 Å². The lowest BCUT2D eigenvalue weighted by Crippen LogP contribution is -2.41. The molecular weight excluding hydrogens is 440 g/mol. The molecule has 3 rings (SSSR count). The van der Waals surface area contributed by atoms with Gasteiger partial charge in [0, 0.05) is 17.1 Å². The summed E-state index contributed by atoms with van der Waals surface area (Å²) >= 11 is 1.09. The summed E-state index contributed by atoms with van der Waals surface area (Å²) in [6.45, 7) is 4.09. The number of nitrogens with one attached hydrogen (secondary N) is 1. The van der Waals surface area contributed by atoms with Crippen LogP contribution in [0.5, 0.6) is 5.75 Å². The van der Waals surface area contributed by atoms with Crippen molar-refractivity contribution in [1.82, 2.24) is 9.29 Å². The van der Waals surface area contributed by atoms with Crippen LogP contribution in [0.1, 0.15) is 48.7 Å². The van der Waals surface area contributed by atoms with Crippen molar-refractivity contribution in [3.63, 3.8) is 0 Å². The summed E-state index contributed by atoms with van der Waals surface area (Å²) in [5.41, 5.74) is 0.902. The summed E-state index contributed by atoms with van der Waals surface area (Å²) in [7, 11) is -2.50. The van der Waals surface area contributed by atoms with E-state index < -0.39 is 16.0 Å². The van der Waals surface area contributed by atoms with Gasteiger partial charge in [0.1, 0.15) is 17.3 Å². The molecule has 0 aliphatic heterocycles. The van der Waals surface area contributed by atoms with Crippen molar-refractivity contribution in [2.75, 3.05) is 13.7 Å². The Morgan fingerprint density at radius 2 is 2.03 bits per heavy atom. The first-order valence-electron chi connectivity index (χ1n) is 10.3. The molecule has 1 aromatic carbocycles. The lowest BCUT2D eigenvalue weighted by Gasteiger charge is -2.29. The highest BCUT2D eigenvalue weighted by Crippen LogP contribution is 2.29. The van der Waals surface area contributed by atoms with Gasteiger partial charge in [0.25, 0.3) is 0 Å². The van der Waals surface area contributed by atoms with Crippen molar-refractivity contribution in [3.8, 4) is 5.75 Å². The molecule has 0 amide bonds. The molecule has 1 saturated carbocycles. The fourth-order valence-corrected chi connectivity index (χ4v) is 6.09. The summed E-state index contributed by atoms with van der Waals surface area (Å²) < 4.78 is 40.9. The number of hydrogen-bond donors (Lipinski definition) is 1. The van der Waals surface area contributed by atoms with Gasteiger partial charge in [-0.2, -0.15) is 0 Å². The fourth-order valence-electron chi connectivity index (χ4n) is 3.76. The van der Waals surface area contributed by atoms with E-state index in [0.29, 0.717) is 0 Å². The van der Waals surface area contributed by atoms with E-state index in [9.17, 15) is 18.0 Å². The Hall–Kier alpha value is -2.17. The molecule has 1 N–H and O–H groups in total. The van der Waals surface area contributed by atoms with E-state index in [1.54, 1.807) is 12.3 Å². The largest absolute Gasteiger partial charge is 0.495 e. The summed E-state index contributed by atoms with van der Waals surface area (Å²) in [5.74, 6) is -0.259. The molecule has 0 spiro atoms. The van der Waals surface area contributed by atoms with Gasteiger partial charge in [-0.15, -0.1) is 0 Å². The molecule has 1 aromatic heterocycles. The lowest BCUT2D eigenvalue weighted by molar-refractivity contribution is 0.0489. The van der Waals surface area contributed by atoms with Gasteiger partial charge in [-0.1, -0.05) is 31.1 Å². The van der Waals surface area contributed by atoms with Crippen molar-refractivity contribution in [3.05, 3.63) is 44.5 Å². The molecule has 31 heavy (non-hydrogen) atoms. The van der Waals surface area contributed by atoms with Gasteiger partial charge in [0.2, 0.25) is 10.0 Å². The van der Waals surface area contributed by atoms with E-state index in [0.717, 1.165) is 42.7 Å². The van der Waals surface area contributed by atoms with Crippen molar-refractivity contribution >= 4 is 27.3 Å². The second-order valence-electron chi connectivity index (χ2n) is 7.79. The number of carbonyl (C=O) groups is 1. The summed E-state index contributed by atoms with van der Waals surface area (Å²) in [4.78, 5) is 24.0. The zero-order valence-electron chi connectivity index (χ0n) is 17.9. The third-order valence-electron chi connectivity index (χ3n) is 5.63. The third kappa shape index (κ3) is 5.55. The Morgan fingerprint density at radius 3 is 2.68 bits per heavy atom. The minimum absolute atomic E-state index is 0.00225. The van der Waals surface area contributed by atoms with Crippen LogP contribution in [0.15, 0.2) is 33.3 Å². The minimum atomic E-state index is -3.89. The molecule has 1 aliphatic carbocycles. The van der Waals surface area contributed by atoms with Gasteiger partial charge in [-0.3, -0.25) is 9.36 Å². The monoisotopic (exact) mass is 468 g/mol. The van der Waals surface area contributed by atoms with E-state index in [1.807, 2.05) is 6.92 Å². The van der Waals surface area contributed by atoms with Crippen molar-refractivity contribution in [1.29, 1.82) is 0 Å². The zero-order valence-corrected chi connectivity index (χ0v) is 19.6. The lowest BCUT2D eigenvalue weighted by atomic mass is 9.87. The highest BCUT2D eigenvalue weighted by molar-refractivity contribution is 7.89. The van der Waals surface area contributed by atoms with Crippen LogP contribution in [0.4, 0.5) is 0 Å². The molecule has 2 atom stereocenters. The molecular formula is C21H28N2O6S2. The number of aromatic nitrogens is 1. The maximum atomic E-state index is 13.1. The summed E-state index contributed by atoms with van der Waals surface area (Å²) in [5, 5.41) is 1.74. The van der Waals surface area contributed by atoms with E-state index >= 15 is 0 Å². The minimum Gasteiger partial charge on any atom is -0.495 e. The second kappa shape index (κ2) is 9.97. The summed E-state index contributed by atoms with van der Waals surface area (Å²) in [6, 6.07) is 4.04. The average molecular weight is 469 g/mol. The Kier molecular flexibility index (Phi) is 7.55. The maximum absolute atomic E-state index is 13.1. The van der Waals surface area contributed by atoms with E-state index in [2.05, 4.69) is 4.72 Å². The van der Waals surface area contributed by atoms with Gasteiger partial charge < -0.3 is 9.47 Å². The first-order chi connectivity index (χ1) is 14.7. The normalized spacial score (nSPS) is 19.2. The number of sulfonamides is 1. The van der Waals surface area contributed by atoms with Crippen LogP contribution in [0, 0.1) is 12.8 Å². The number of hydrogen-bond acceptors (Lipinski definition) is 7. The predicted molar refractivity (Wildman–Crippen MR) is 118 cm³/mol. The molecule has 1 fully saturated rings. The summed E-state index contributed by atoms with van der Waals surface area (Å²) in [6.07, 6.45) is 3.84. The first kappa shape index (κ1) is 23.5. The average Bonchev–Trinajstić information content (AvgIpc) is 3.06. The molecule has 0 saturated heterocycles. The molecule has 1 aliphatic rings. The van der Waals surface area contributed by atoms with Crippen LogP contribution >= 0.6 is 11.3 Å². The topological polar surface area (TPSA) is 104 Å². The molecule has 10 heteroatoms. The smallest absolute Gasteiger partial charge is 0.338 e. The van der Waals surface area contributed by atoms with Crippen molar-refractivity contribution in [2.45, 2.75) is 57.0 Å². The number of nitrogens with zero attached hydrogens (tertiary/aromatic N) is 1. The SMILES string of the molecule is COc1ccc(C(=O)OCCn2c(C)csc2=O)cc1S(=O)(=O)NC1CCCCC1C. The van der Waals surface area contributed by atoms with Crippen molar-refractivity contribution in [2.24, 2.45) is 5.92 Å². The third-order valence-corrected chi connectivity index (χ3v) is 8.02. The number of ether oxygens (including phenoxy) is 2. The Labute approximate surface area is 186 Å². The van der Waals surface area contributed by atoms with Gasteiger partial charge in [0.05, 0.1) is 19.2 Å². The standard InChI is InChI=1S/C21H28N2O6S2/c1-14-6-4-5-7-17(14)22-31(26,27)19-12-16(8-9-18(19)28-3)20(24)29-11-10-23-15(2)13-30-21(23)25/h8-9,12-14,17,22H,4-7,10-11H2,1-3H3. The Morgan fingerprint density at radius 1 is 1.29 bits per heavy atom. The highest BCUT2D eigenvalue weighted by atomic mass is 32.2. The van der Waals surface area contributed by atoms with Crippen LogP contribution in [0.25, 0.3) is 0 Å². The first-order valence-corrected chi connectivity index (χ1v) is 12.6. The van der Waals surface area contributed by atoms with Gasteiger partial charge in [-0.05, 0) is 43.9 Å². The number of carbonyl (C=O) groups excluding carboxylic acids is 1. The number of rotatable bonds is 8.